The van der Waals surface area contributed by atoms with E-state index >= 15 is 0 Å². The maximum absolute atomic E-state index is 4.73. The number of nitrogens with zero attached hydrogens (tertiary/aromatic N) is 1. The maximum atomic E-state index is 4.73. The van der Waals surface area contributed by atoms with Crippen molar-refractivity contribution in [3.05, 3.63) is 41.2 Å². The molecule has 3 heteroatoms. The maximum Gasteiger partial charge on any atom is 0.137 e. The monoisotopic (exact) mass is 285 g/mol. The number of nitrogens with one attached hydrogen (secondary N) is 2. The van der Waals surface area contributed by atoms with Crippen LogP contribution in [0.3, 0.4) is 0 Å². The SMILES string of the molecule is CCCCCCNCc1nc(-c2ccc(C)cc2)[nH]c1C. The lowest BCUT2D eigenvalue weighted by molar-refractivity contribution is 0.593. The predicted molar refractivity (Wildman–Crippen MR) is 89.3 cm³/mol. The van der Waals surface area contributed by atoms with Gasteiger partial charge in [-0.15, -0.1) is 0 Å². The average Bonchev–Trinajstić information content (AvgIpc) is 2.85. The third kappa shape index (κ3) is 4.71. The van der Waals surface area contributed by atoms with Crippen molar-refractivity contribution in [2.75, 3.05) is 6.54 Å². The number of hydrogen-bond acceptors (Lipinski definition) is 2. The van der Waals surface area contributed by atoms with Gasteiger partial charge in [-0.2, -0.15) is 0 Å². The second-order valence-electron chi connectivity index (χ2n) is 5.76. The van der Waals surface area contributed by atoms with Gasteiger partial charge in [-0.05, 0) is 26.8 Å². The summed E-state index contributed by atoms with van der Waals surface area (Å²) in [4.78, 5) is 8.12. The highest BCUT2D eigenvalue weighted by atomic mass is 15.0. The van der Waals surface area contributed by atoms with E-state index in [1.54, 1.807) is 0 Å². The number of hydrogen-bond donors (Lipinski definition) is 2. The summed E-state index contributed by atoms with van der Waals surface area (Å²) in [6.07, 6.45) is 5.19. The van der Waals surface area contributed by atoms with Crippen LogP contribution in [0.25, 0.3) is 11.4 Å². The zero-order chi connectivity index (χ0) is 15.1. The summed E-state index contributed by atoms with van der Waals surface area (Å²) < 4.78 is 0. The average molecular weight is 285 g/mol. The second-order valence-corrected chi connectivity index (χ2v) is 5.76. The lowest BCUT2D eigenvalue weighted by Crippen LogP contribution is -2.15. The van der Waals surface area contributed by atoms with Crippen molar-refractivity contribution < 1.29 is 0 Å². The lowest BCUT2D eigenvalue weighted by Gasteiger charge is -2.02. The molecule has 0 unspecified atom stereocenters. The van der Waals surface area contributed by atoms with Crippen molar-refractivity contribution in [1.29, 1.82) is 0 Å². The molecular weight excluding hydrogens is 258 g/mol. The number of H-pyrrole nitrogens is 1. The van der Waals surface area contributed by atoms with Gasteiger partial charge in [0.05, 0.1) is 5.69 Å². The molecule has 1 aromatic heterocycles. The first-order valence-corrected chi connectivity index (χ1v) is 8.04. The quantitative estimate of drug-likeness (QED) is 0.707. The van der Waals surface area contributed by atoms with Crippen LogP contribution in [0.15, 0.2) is 24.3 Å². The molecule has 3 nitrogen and oxygen atoms in total. The van der Waals surface area contributed by atoms with E-state index in [0.29, 0.717) is 0 Å². The van der Waals surface area contributed by atoms with Gasteiger partial charge in [0.25, 0.3) is 0 Å². The highest BCUT2D eigenvalue weighted by Gasteiger charge is 2.07. The third-order valence-electron chi connectivity index (χ3n) is 3.81. The standard InChI is InChI=1S/C18H27N3/c1-4-5-6-7-12-19-13-17-15(3)20-18(21-17)16-10-8-14(2)9-11-16/h8-11,19H,4-7,12-13H2,1-3H3,(H,20,21). The molecule has 1 heterocycles. The van der Waals surface area contributed by atoms with Gasteiger partial charge in [-0.3, -0.25) is 0 Å². The molecule has 0 radical (unpaired) electrons. The number of unbranched alkanes of at least 4 members (excludes halogenated alkanes) is 3. The highest BCUT2D eigenvalue weighted by molar-refractivity contribution is 5.56. The molecule has 21 heavy (non-hydrogen) atoms. The molecule has 0 amide bonds. The van der Waals surface area contributed by atoms with E-state index < -0.39 is 0 Å². The van der Waals surface area contributed by atoms with E-state index in [0.717, 1.165) is 35.9 Å². The largest absolute Gasteiger partial charge is 0.342 e. The van der Waals surface area contributed by atoms with Crippen LogP contribution in [0.1, 0.15) is 49.6 Å². The van der Waals surface area contributed by atoms with Crippen LogP contribution in [0.5, 0.6) is 0 Å². The number of rotatable bonds is 8. The summed E-state index contributed by atoms with van der Waals surface area (Å²) in [5.74, 6) is 0.968. The van der Waals surface area contributed by atoms with Crippen LogP contribution in [-0.4, -0.2) is 16.5 Å². The Hall–Kier alpha value is -1.61. The van der Waals surface area contributed by atoms with Gasteiger partial charge in [0.2, 0.25) is 0 Å². The Bertz CT molecular complexity index is 540. The van der Waals surface area contributed by atoms with Crippen LogP contribution in [-0.2, 0) is 6.54 Å². The van der Waals surface area contributed by atoms with Gasteiger partial charge >= 0.3 is 0 Å². The summed E-state index contributed by atoms with van der Waals surface area (Å²) in [5.41, 5.74) is 4.71. The molecule has 0 fully saturated rings. The Balaban J connectivity index is 1.88. The van der Waals surface area contributed by atoms with Crippen LogP contribution < -0.4 is 5.32 Å². The summed E-state index contributed by atoms with van der Waals surface area (Å²) in [7, 11) is 0. The summed E-state index contributed by atoms with van der Waals surface area (Å²) in [6, 6.07) is 8.49. The van der Waals surface area contributed by atoms with Crippen LogP contribution in [0.4, 0.5) is 0 Å². The van der Waals surface area contributed by atoms with E-state index in [-0.39, 0.29) is 0 Å². The first-order valence-electron chi connectivity index (χ1n) is 8.04. The van der Waals surface area contributed by atoms with E-state index in [1.807, 2.05) is 0 Å². The molecule has 0 atom stereocenters. The van der Waals surface area contributed by atoms with Crippen molar-refractivity contribution >= 4 is 0 Å². The zero-order valence-electron chi connectivity index (χ0n) is 13.5. The number of aromatic amines is 1. The number of benzene rings is 1. The normalized spacial score (nSPS) is 11.0. The van der Waals surface area contributed by atoms with E-state index in [2.05, 4.69) is 55.3 Å². The van der Waals surface area contributed by atoms with Crippen LogP contribution >= 0.6 is 0 Å². The molecule has 0 bridgehead atoms. The van der Waals surface area contributed by atoms with Crippen LogP contribution in [0, 0.1) is 13.8 Å². The number of aromatic nitrogens is 2. The molecule has 2 N–H and O–H groups in total. The Kier molecular flexibility index (Phi) is 6.00. The molecule has 0 aliphatic carbocycles. The van der Waals surface area contributed by atoms with E-state index in [1.165, 1.54) is 31.2 Å². The molecule has 0 saturated carbocycles. The zero-order valence-corrected chi connectivity index (χ0v) is 13.5. The molecule has 0 aliphatic heterocycles. The summed E-state index contributed by atoms with van der Waals surface area (Å²) in [5, 5.41) is 3.49. The molecule has 2 rings (SSSR count). The van der Waals surface area contributed by atoms with Gasteiger partial charge in [0.15, 0.2) is 0 Å². The molecule has 0 aliphatic rings. The minimum atomic E-state index is 0.848. The van der Waals surface area contributed by atoms with E-state index in [9.17, 15) is 0 Å². The minimum absolute atomic E-state index is 0.848. The van der Waals surface area contributed by atoms with Gasteiger partial charge in [-0.25, -0.2) is 4.98 Å². The smallest absolute Gasteiger partial charge is 0.137 e. The molecule has 0 spiro atoms. The second kappa shape index (κ2) is 7.99. The van der Waals surface area contributed by atoms with Crippen molar-refractivity contribution in [1.82, 2.24) is 15.3 Å². The van der Waals surface area contributed by atoms with Crippen molar-refractivity contribution in [2.24, 2.45) is 0 Å². The van der Waals surface area contributed by atoms with Gasteiger partial charge < -0.3 is 10.3 Å². The first kappa shape index (κ1) is 15.8. The fourth-order valence-corrected chi connectivity index (χ4v) is 2.40. The predicted octanol–water partition coefficient (Wildman–Crippen LogP) is 4.36. The third-order valence-corrected chi connectivity index (χ3v) is 3.81. The number of imidazole rings is 1. The Morgan fingerprint density at radius 3 is 2.52 bits per heavy atom. The Morgan fingerprint density at radius 2 is 1.81 bits per heavy atom. The molecular formula is C18H27N3. The topological polar surface area (TPSA) is 40.7 Å². The molecule has 114 valence electrons. The van der Waals surface area contributed by atoms with E-state index in [4.69, 9.17) is 4.98 Å². The summed E-state index contributed by atoms with van der Waals surface area (Å²) in [6.45, 7) is 8.36. The van der Waals surface area contributed by atoms with Crippen molar-refractivity contribution in [3.63, 3.8) is 0 Å². The minimum Gasteiger partial charge on any atom is -0.342 e. The van der Waals surface area contributed by atoms with Gasteiger partial charge in [0.1, 0.15) is 5.82 Å². The molecule has 0 saturated heterocycles. The van der Waals surface area contributed by atoms with Gasteiger partial charge in [-0.1, -0.05) is 56.0 Å². The van der Waals surface area contributed by atoms with Crippen LogP contribution in [0.2, 0.25) is 0 Å². The number of aryl methyl sites for hydroxylation is 2. The molecule has 1 aromatic carbocycles. The van der Waals surface area contributed by atoms with Crippen molar-refractivity contribution in [2.45, 2.75) is 53.0 Å². The fourth-order valence-electron chi connectivity index (χ4n) is 2.40. The Labute approximate surface area is 128 Å². The molecule has 2 aromatic rings. The van der Waals surface area contributed by atoms with Crippen molar-refractivity contribution in [3.8, 4) is 11.4 Å². The Morgan fingerprint density at radius 1 is 1.05 bits per heavy atom. The fraction of sp³-hybridized carbons (Fsp3) is 0.500. The lowest BCUT2D eigenvalue weighted by atomic mass is 10.1. The first-order chi connectivity index (χ1) is 10.2. The van der Waals surface area contributed by atoms with Gasteiger partial charge in [0, 0.05) is 17.8 Å². The highest BCUT2D eigenvalue weighted by Crippen LogP contribution is 2.18. The summed E-state index contributed by atoms with van der Waals surface area (Å²) >= 11 is 0.